The van der Waals surface area contributed by atoms with E-state index < -0.39 is 5.97 Å². The third-order valence-corrected chi connectivity index (χ3v) is 5.85. The van der Waals surface area contributed by atoms with E-state index in [0.29, 0.717) is 27.2 Å². The van der Waals surface area contributed by atoms with Gasteiger partial charge in [0.2, 0.25) is 0 Å². The fourth-order valence-electron chi connectivity index (χ4n) is 2.96. The summed E-state index contributed by atoms with van der Waals surface area (Å²) in [6.07, 6.45) is 2.58. The Morgan fingerprint density at radius 1 is 1.19 bits per heavy atom. The monoisotopic (exact) mass is 452 g/mol. The molecule has 2 aromatic carbocycles. The van der Waals surface area contributed by atoms with Gasteiger partial charge in [-0.3, -0.25) is 4.79 Å². The quantitative estimate of drug-likeness (QED) is 0.481. The molecule has 2 heterocycles. The minimum absolute atomic E-state index is 0.00554. The Kier molecular flexibility index (Phi) is 5.97. The summed E-state index contributed by atoms with van der Waals surface area (Å²) in [5.74, 6) is -0.435. The van der Waals surface area contributed by atoms with E-state index in [0.717, 1.165) is 12.1 Å². The van der Waals surface area contributed by atoms with Gasteiger partial charge in [-0.25, -0.2) is 9.79 Å². The molecular formula is C23H17ClN2O4S. The lowest BCUT2D eigenvalue weighted by atomic mass is 10.1. The Hall–Kier alpha value is -3.29. The molecule has 31 heavy (non-hydrogen) atoms. The van der Waals surface area contributed by atoms with Crippen LogP contribution in [0.3, 0.4) is 0 Å². The second-order valence-electron chi connectivity index (χ2n) is 6.70. The second kappa shape index (κ2) is 8.83. The smallest absolute Gasteiger partial charge is 0.337 e. The molecule has 1 amide bonds. The largest absolute Gasteiger partial charge is 0.478 e. The molecule has 1 fully saturated rings. The molecule has 1 aliphatic heterocycles. The van der Waals surface area contributed by atoms with Gasteiger partial charge in [-0.1, -0.05) is 30.7 Å². The number of aryl methyl sites for hydroxylation is 1. The molecule has 0 atom stereocenters. The number of carbonyl (C=O) groups is 2. The standard InChI is InChI=1S/C23H17ClN2O4S/c1-2-13-3-6-15(7-4-13)25-23-26-21(27)20(31-23)12-16-8-10-19(30-16)14-5-9-18(24)17(11-14)22(28)29/h3-12H,2H2,1H3,(H,28,29)(H,25,26,27). The van der Waals surface area contributed by atoms with Gasteiger partial charge in [0.1, 0.15) is 11.5 Å². The highest BCUT2D eigenvalue weighted by atomic mass is 35.5. The summed E-state index contributed by atoms with van der Waals surface area (Å²) in [6.45, 7) is 2.09. The van der Waals surface area contributed by atoms with Crippen molar-refractivity contribution in [3.05, 3.63) is 81.4 Å². The van der Waals surface area contributed by atoms with Crippen molar-refractivity contribution < 1.29 is 19.1 Å². The van der Waals surface area contributed by atoms with Crippen molar-refractivity contribution >= 4 is 52.2 Å². The van der Waals surface area contributed by atoms with Crippen LogP contribution in [0.4, 0.5) is 5.69 Å². The van der Waals surface area contributed by atoms with Crippen LogP contribution < -0.4 is 5.32 Å². The summed E-state index contributed by atoms with van der Waals surface area (Å²) in [5.41, 5.74) is 2.55. The van der Waals surface area contributed by atoms with E-state index in [-0.39, 0.29) is 16.5 Å². The van der Waals surface area contributed by atoms with E-state index in [1.165, 1.54) is 29.5 Å². The summed E-state index contributed by atoms with van der Waals surface area (Å²) in [7, 11) is 0. The van der Waals surface area contributed by atoms with Gasteiger partial charge in [-0.05, 0) is 66.2 Å². The molecule has 0 radical (unpaired) electrons. The Morgan fingerprint density at radius 2 is 1.97 bits per heavy atom. The van der Waals surface area contributed by atoms with Gasteiger partial charge >= 0.3 is 5.97 Å². The normalized spacial score (nSPS) is 16.1. The average Bonchev–Trinajstić information content (AvgIpc) is 3.35. The molecule has 8 heteroatoms. The summed E-state index contributed by atoms with van der Waals surface area (Å²) in [4.78, 5) is 28.5. The Morgan fingerprint density at radius 3 is 2.68 bits per heavy atom. The minimum Gasteiger partial charge on any atom is -0.478 e. The number of amides is 1. The van der Waals surface area contributed by atoms with Gasteiger partial charge in [-0.15, -0.1) is 0 Å². The summed E-state index contributed by atoms with van der Waals surface area (Å²) in [5, 5.41) is 12.6. The van der Waals surface area contributed by atoms with Crippen LogP contribution in [0, 0.1) is 0 Å². The number of rotatable bonds is 5. The first-order chi connectivity index (χ1) is 14.9. The number of carboxylic acid groups (broad SMARTS) is 1. The molecule has 3 aromatic rings. The van der Waals surface area contributed by atoms with Crippen molar-refractivity contribution in [1.29, 1.82) is 0 Å². The summed E-state index contributed by atoms with van der Waals surface area (Å²) < 4.78 is 5.79. The van der Waals surface area contributed by atoms with Crippen LogP contribution >= 0.6 is 23.4 Å². The number of aliphatic imine (C=N–C) groups is 1. The molecule has 0 aliphatic carbocycles. The number of nitrogens with one attached hydrogen (secondary N) is 1. The lowest BCUT2D eigenvalue weighted by molar-refractivity contribution is -0.115. The average molecular weight is 453 g/mol. The van der Waals surface area contributed by atoms with Crippen molar-refractivity contribution in [3.63, 3.8) is 0 Å². The van der Waals surface area contributed by atoms with Gasteiger partial charge in [-0.2, -0.15) is 0 Å². The summed E-state index contributed by atoms with van der Waals surface area (Å²) >= 11 is 7.15. The van der Waals surface area contributed by atoms with Crippen LogP contribution in [-0.4, -0.2) is 22.2 Å². The van der Waals surface area contributed by atoms with E-state index in [1.807, 2.05) is 24.3 Å². The third-order valence-electron chi connectivity index (χ3n) is 4.61. The number of carboxylic acids is 1. The molecular weight excluding hydrogens is 436 g/mol. The Balaban J connectivity index is 1.54. The number of aromatic carboxylic acids is 1. The molecule has 0 bridgehead atoms. The maximum atomic E-state index is 12.3. The molecule has 0 saturated carbocycles. The van der Waals surface area contributed by atoms with Crippen LogP contribution in [0.15, 0.2) is 68.9 Å². The highest BCUT2D eigenvalue weighted by Gasteiger charge is 2.24. The van der Waals surface area contributed by atoms with Crippen LogP contribution in [0.25, 0.3) is 17.4 Å². The zero-order valence-electron chi connectivity index (χ0n) is 16.4. The number of nitrogens with zero attached hydrogens (tertiary/aromatic N) is 1. The lowest BCUT2D eigenvalue weighted by Crippen LogP contribution is -2.19. The Bertz CT molecular complexity index is 1230. The van der Waals surface area contributed by atoms with Gasteiger partial charge in [0.05, 0.1) is 21.2 Å². The molecule has 4 rings (SSSR count). The van der Waals surface area contributed by atoms with E-state index >= 15 is 0 Å². The number of benzene rings is 2. The number of thioether (sulfide) groups is 1. The predicted octanol–water partition coefficient (Wildman–Crippen LogP) is 5.75. The van der Waals surface area contributed by atoms with Gasteiger partial charge in [0.15, 0.2) is 5.17 Å². The summed E-state index contributed by atoms with van der Waals surface area (Å²) in [6, 6.07) is 15.9. The third kappa shape index (κ3) is 4.73. The van der Waals surface area contributed by atoms with Crippen LogP contribution in [0.1, 0.15) is 28.6 Å². The van der Waals surface area contributed by atoms with E-state index in [2.05, 4.69) is 17.2 Å². The topological polar surface area (TPSA) is 91.9 Å². The molecule has 1 aromatic heterocycles. The predicted molar refractivity (Wildman–Crippen MR) is 123 cm³/mol. The fourth-order valence-corrected chi connectivity index (χ4v) is 3.98. The number of furan rings is 1. The van der Waals surface area contributed by atoms with E-state index in [9.17, 15) is 14.7 Å². The highest BCUT2D eigenvalue weighted by molar-refractivity contribution is 8.18. The highest BCUT2D eigenvalue weighted by Crippen LogP contribution is 2.31. The van der Waals surface area contributed by atoms with Gasteiger partial charge in [0, 0.05) is 11.6 Å². The van der Waals surface area contributed by atoms with Crippen molar-refractivity contribution in [2.45, 2.75) is 13.3 Å². The molecule has 156 valence electrons. The fraction of sp³-hybridized carbons (Fsp3) is 0.0870. The first-order valence-corrected chi connectivity index (χ1v) is 10.6. The zero-order chi connectivity index (χ0) is 22.0. The zero-order valence-corrected chi connectivity index (χ0v) is 18.0. The Labute approximate surface area is 187 Å². The first kappa shape index (κ1) is 21.0. The SMILES string of the molecule is CCc1ccc(N=C2NC(=O)C(=Cc3ccc(-c4ccc(Cl)c(C(=O)O)c4)o3)S2)cc1. The minimum atomic E-state index is -1.11. The molecule has 0 spiro atoms. The molecule has 6 nitrogen and oxygen atoms in total. The molecule has 0 unspecified atom stereocenters. The van der Waals surface area contributed by atoms with Crippen molar-refractivity contribution in [2.24, 2.45) is 4.99 Å². The van der Waals surface area contributed by atoms with Crippen LogP contribution in [-0.2, 0) is 11.2 Å². The lowest BCUT2D eigenvalue weighted by Gasteiger charge is -2.02. The van der Waals surface area contributed by atoms with Gasteiger partial charge in [0.25, 0.3) is 5.91 Å². The van der Waals surface area contributed by atoms with Gasteiger partial charge < -0.3 is 14.8 Å². The van der Waals surface area contributed by atoms with Crippen molar-refractivity contribution in [1.82, 2.24) is 5.32 Å². The van der Waals surface area contributed by atoms with Crippen molar-refractivity contribution in [2.75, 3.05) is 0 Å². The molecule has 1 saturated heterocycles. The number of hydrogen-bond acceptors (Lipinski definition) is 5. The maximum absolute atomic E-state index is 12.3. The number of carbonyl (C=O) groups excluding carboxylic acids is 1. The maximum Gasteiger partial charge on any atom is 0.337 e. The van der Waals surface area contributed by atoms with E-state index in [1.54, 1.807) is 24.3 Å². The molecule has 2 N–H and O–H groups in total. The molecule has 1 aliphatic rings. The van der Waals surface area contributed by atoms with Crippen LogP contribution in [0.5, 0.6) is 0 Å². The van der Waals surface area contributed by atoms with Crippen molar-refractivity contribution in [3.8, 4) is 11.3 Å². The number of amidine groups is 1. The number of halogens is 1. The first-order valence-electron chi connectivity index (χ1n) is 9.44. The van der Waals surface area contributed by atoms with Crippen LogP contribution in [0.2, 0.25) is 5.02 Å². The number of hydrogen-bond donors (Lipinski definition) is 2. The van der Waals surface area contributed by atoms with E-state index in [4.69, 9.17) is 16.0 Å². The second-order valence-corrected chi connectivity index (χ2v) is 8.14.